The quantitative estimate of drug-likeness (QED) is 0.735. The Morgan fingerprint density at radius 2 is 1.95 bits per heavy atom. The summed E-state index contributed by atoms with van der Waals surface area (Å²) in [5.74, 6) is 0. The third-order valence-electron chi connectivity index (χ3n) is 3.96. The number of nitrogens with zero attached hydrogens (tertiary/aromatic N) is 2. The number of hydrogen-bond acceptors (Lipinski definition) is 3. The molecule has 1 aromatic heterocycles. The molecule has 0 aliphatic rings. The molecule has 1 heterocycles. The normalized spacial score (nSPS) is 11.4. The predicted octanol–water partition coefficient (Wildman–Crippen LogP) is 2.88. The molecule has 0 saturated carbocycles. The van der Waals surface area contributed by atoms with Crippen LogP contribution in [0.25, 0.3) is 22.0 Å². The second kappa shape index (κ2) is 6.73. The summed E-state index contributed by atoms with van der Waals surface area (Å²) >= 11 is 0. The highest BCUT2D eigenvalue weighted by atomic mass is 15.1. The van der Waals surface area contributed by atoms with E-state index in [2.05, 4.69) is 69.9 Å². The van der Waals surface area contributed by atoms with Gasteiger partial charge in [-0.1, -0.05) is 42.5 Å². The van der Waals surface area contributed by atoms with Gasteiger partial charge in [-0.05, 0) is 24.9 Å². The Balaban J connectivity index is 1.94. The van der Waals surface area contributed by atoms with Crippen LogP contribution in [0.3, 0.4) is 0 Å². The van der Waals surface area contributed by atoms with Crippen molar-refractivity contribution in [3.63, 3.8) is 0 Å². The number of hydrogen-bond donors (Lipinski definition) is 2. The van der Waals surface area contributed by atoms with Gasteiger partial charge in [0.1, 0.15) is 0 Å². The van der Waals surface area contributed by atoms with E-state index in [1.54, 1.807) is 0 Å². The summed E-state index contributed by atoms with van der Waals surface area (Å²) in [5.41, 5.74) is 3.57. The zero-order valence-corrected chi connectivity index (χ0v) is 13.1. The number of aromatic amines is 1. The first-order valence-corrected chi connectivity index (χ1v) is 7.63. The molecule has 22 heavy (non-hydrogen) atoms. The van der Waals surface area contributed by atoms with E-state index in [4.69, 9.17) is 0 Å². The molecule has 114 valence electrons. The van der Waals surface area contributed by atoms with Gasteiger partial charge in [0.15, 0.2) is 0 Å². The fraction of sp³-hybridized carbons (Fsp3) is 0.278. The van der Waals surface area contributed by atoms with Gasteiger partial charge in [-0.15, -0.1) is 0 Å². The summed E-state index contributed by atoms with van der Waals surface area (Å²) in [5, 5.41) is 13.1. The minimum atomic E-state index is 0.886. The van der Waals surface area contributed by atoms with Gasteiger partial charge in [-0.3, -0.25) is 5.10 Å². The van der Waals surface area contributed by atoms with Crippen molar-refractivity contribution in [3.05, 3.63) is 54.2 Å². The third kappa shape index (κ3) is 3.03. The van der Waals surface area contributed by atoms with Gasteiger partial charge < -0.3 is 10.2 Å². The van der Waals surface area contributed by atoms with Gasteiger partial charge in [-0.2, -0.15) is 5.10 Å². The van der Waals surface area contributed by atoms with E-state index in [0.29, 0.717) is 0 Å². The van der Waals surface area contributed by atoms with E-state index in [0.717, 1.165) is 25.3 Å². The Bertz CT molecular complexity index is 742. The van der Waals surface area contributed by atoms with Gasteiger partial charge >= 0.3 is 0 Å². The largest absolute Gasteiger partial charge is 0.318 e. The van der Waals surface area contributed by atoms with Gasteiger partial charge in [0.25, 0.3) is 0 Å². The Labute approximate surface area is 131 Å². The second-order valence-electron chi connectivity index (χ2n) is 5.64. The summed E-state index contributed by atoms with van der Waals surface area (Å²) < 4.78 is 0. The average molecular weight is 294 g/mol. The first-order chi connectivity index (χ1) is 10.8. The number of rotatable bonds is 6. The molecule has 0 radical (unpaired) electrons. The number of H-pyrrole nitrogens is 1. The topological polar surface area (TPSA) is 44.0 Å². The molecule has 0 spiro atoms. The number of nitrogens with one attached hydrogen (secondary N) is 2. The fourth-order valence-electron chi connectivity index (χ4n) is 2.78. The number of benzene rings is 2. The minimum absolute atomic E-state index is 0.886. The molecular formula is C18H22N4. The van der Waals surface area contributed by atoms with Crippen LogP contribution in [0.5, 0.6) is 0 Å². The highest BCUT2D eigenvalue weighted by molar-refractivity contribution is 5.96. The highest BCUT2D eigenvalue weighted by Crippen LogP contribution is 2.29. The zero-order chi connectivity index (χ0) is 15.4. The molecule has 0 bridgehead atoms. The third-order valence-corrected chi connectivity index (χ3v) is 3.96. The second-order valence-corrected chi connectivity index (χ2v) is 5.64. The van der Waals surface area contributed by atoms with Gasteiger partial charge in [0, 0.05) is 30.8 Å². The first-order valence-electron chi connectivity index (χ1n) is 7.63. The molecule has 0 atom stereocenters. The Hall–Kier alpha value is -2.17. The summed E-state index contributed by atoms with van der Waals surface area (Å²) in [6.07, 6.45) is 1.94. The van der Waals surface area contributed by atoms with E-state index < -0.39 is 0 Å². The molecule has 0 aliphatic heterocycles. The number of aromatic nitrogens is 2. The minimum Gasteiger partial charge on any atom is -0.318 e. The SMILES string of the molecule is CNCCN(C)Cc1cn[nH]c1-c1cccc2ccccc12. The summed E-state index contributed by atoms with van der Waals surface area (Å²) in [6, 6.07) is 14.9. The molecule has 4 nitrogen and oxygen atoms in total. The fourth-order valence-corrected chi connectivity index (χ4v) is 2.78. The van der Waals surface area contributed by atoms with Crippen molar-refractivity contribution >= 4 is 10.8 Å². The van der Waals surface area contributed by atoms with Crippen molar-refractivity contribution in [2.75, 3.05) is 27.2 Å². The van der Waals surface area contributed by atoms with E-state index in [1.807, 2.05) is 13.2 Å². The van der Waals surface area contributed by atoms with Crippen LogP contribution >= 0.6 is 0 Å². The Morgan fingerprint density at radius 3 is 2.82 bits per heavy atom. The van der Waals surface area contributed by atoms with E-state index in [9.17, 15) is 0 Å². The maximum Gasteiger partial charge on any atom is 0.0701 e. The van der Waals surface area contributed by atoms with E-state index in [1.165, 1.54) is 21.9 Å². The Kier molecular flexibility index (Phi) is 4.51. The predicted molar refractivity (Wildman–Crippen MR) is 91.8 cm³/mol. The average Bonchev–Trinajstić information content (AvgIpc) is 3.00. The molecule has 0 saturated heterocycles. The monoisotopic (exact) mass is 294 g/mol. The smallest absolute Gasteiger partial charge is 0.0701 e. The van der Waals surface area contributed by atoms with E-state index >= 15 is 0 Å². The summed E-state index contributed by atoms with van der Waals surface area (Å²) in [4.78, 5) is 2.30. The van der Waals surface area contributed by atoms with Crippen LogP contribution in [-0.4, -0.2) is 42.3 Å². The standard InChI is InChI=1S/C18H22N4/c1-19-10-11-22(2)13-15-12-20-21-18(15)17-9-5-7-14-6-3-4-8-16(14)17/h3-9,12,19H,10-11,13H2,1-2H3,(H,20,21). The lowest BCUT2D eigenvalue weighted by Gasteiger charge is -2.16. The van der Waals surface area contributed by atoms with Crippen LogP contribution in [0.4, 0.5) is 0 Å². The van der Waals surface area contributed by atoms with Crippen molar-refractivity contribution in [2.45, 2.75) is 6.54 Å². The van der Waals surface area contributed by atoms with E-state index in [-0.39, 0.29) is 0 Å². The number of likely N-dealkylation sites (N-methyl/N-ethyl adjacent to an activating group) is 2. The molecule has 0 fully saturated rings. The molecule has 2 N–H and O–H groups in total. The molecule has 2 aromatic carbocycles. The van der Waals surface area contributed by atoms with Gasteiger partial charge in [0.2, 0.25) is 0 Å². The number of fused-ring (bicyclic) bond motifs is 1. The lowest BCUT2D eigenvalue weighted by molar-refractivity contribution is 0.328. The molecule has 0 unspecified atom stereocenters. The maximum absolute atomic E-state index is 4.27. The van der Waals surface area contributed by atoms with Crippen molar-refractivity contribution in [2.24, 2.45) is 0 Å². The van der Waals surface area contributed by atoms with Crippen LogP contribution in [0.1, 0.15) is 5.56 Å². The molecule has 3 rings (SSSR count). The highest BCUT2D eigenvalue weighted by Gasteiger charge is 2.12. The molecule has 4 heteroatoms. The van der Waals surface area contributed by atoms with Crippen molar-refractivity contribution in [1.29, 1.82) is 0 Å². The lowest BCUT2D eigenvalue weighted by atomic mass is 10.00. The van der Waals surface area contributed by atoms with Crippen LogP contribution in [0.15, 0.2) is 48.7 Å². The first kappa shape index (κ1) is 14.8. The molecule has 0 amide bonds. The summed E-state index contributed by atoms with van der Waals surface area (Å²) in [7, 11) is 4.12. The van der Waals surface area contributed by atoms with Crippen molar-refractivity contribution in [1.82, 2.24) is 20.4 Å². The molecule has 0 aliphatic carbocycles. The van der Waals surface area contributed by atoms with Gasteiger partial charge in [0.05, 0.1) is 11.9 Å². The van der Waals surface area contributed by atoms with Crippen LogP contribution < -0.4 is 5.32 Å². The van der Waals surface area contributed by atoms with Crippen LogP contribution in [0, 0.1) is 0 Å². The van der Waals surface area contributed by atoms with Crippen molar-refractivity contribution < 1.29 is 0 Å². The lowest BCUT2D eigenvalue weighted by Crippen LogP contribution is -2.27. The molecular weight excluding hydrogens is 272 g/mol. The van der Waals surface area contributed by atoms with Crippen molar-refractivity contribution in [3.8, 4) is 11.3 Å². The zero-order valence-electron chi connectivity index (χ0n) is 13.1. The van der Waals surface area contributed by atoms with Crippen LogP contribution in [0.2, 0.25) is 0 Å². The summed E-state index contributed by atoms with van der Waals surface area (Å²) in [6.45, 7) is 2.88. The Morgan fingerprint density at radius 1 is 1.14 bits per heavy atom. The van der Waals surface area contributed by atoms with Crippen LogP contribution in [-0.2, 0) is 6.54 Å². The van der Waals surface area contributed by atoms with Gasteiger partial charge in [-0.25, -0.2) is 0 Å². The maximum atomic E-state index is 4.27. The molecule has 3 aromatic rings.